The molecule has 9 heavy (non-hydrogen) atoms. The van der Waals surface area contributed by atoms with Gasteiger partial charge >= 0.3 is 0 Å². The van der Waals surface area contributed by atoms with Crippen LogP contribution in [0.15, 0.2) is 24.3 Å². The molecule has 1 aliphatic heterocycles. The van der Waals surface area contributed by atoms with E-state index in [0.29, 0.717) is 0 Å². The lowest BCUT2D eigenvalue weighted by Crippen LogP contribution is -2.14. The Kier molecular flexibility index (Phi) is 0.920. The SMILES string of the molecule is [B]1C=Cc2cccnc21. The number of hydrogen-bond acceptors (Lipinski definition) is 1. The van der Waals surface area contributed by atoms with E-state index < -0.39 is 0 Å². The van der Waals surface area contributed by atoms with Crippen LogP contribution in [-0.4, -0.2) is 12.3 Å². The number of pyridine rings is 1. The third-order valence-electron chi connectivity index (χ3n) is 1.40. The van der Waals surface area contributed by atoms with Gasteiger partial charge in [0.05, 0.1) is 0 Å². The second-order valence-electron chi connectivity index (χ2n) is 2.00. The van der Waals surface area contributed by atoms with E-state index in [1.807, 2.05) is 25.5 Å². The third kappa shape index (κ3) is 0.671. The van der Waals surface area contributed by atoms with Crippen molar-refractivity contribution in [3.63, 3.8) is 0 Å². The van der Waals surface area contributed by atoms with E-state index >= 15 is 0 Å². The first-order valence-electron chi connectivity index (χ1n) is 2.93. The molecule has 2 heteroatoms. The Morgan fingerprint density at radius 1 is 1.44 bits per heavy atom. The summed E-state index contributed by atoms with van der Waals surface area (Å²) in [6.07, 6.45) is 3.87. The Morgan fingerprint density at radius 3 is 3.33 bits per heavy atom. The predicted molar refractivity (Wildman–Crippen MR) is 38.7 cm³/mol. The zero-order valence-corrected chi connectivity index (χ0v) is 4.91. The molecule has 0 fully saturated rings. The van der Waals surface area contributed by atoms with Crippen LogP contribution in [-0.2, 0) is 0 Å². The number of rotatable bonds is 0. The minimum absolute atomic E-state index is 1.08. The van der Waals surface area contributed by atoms with Gasteiger partial charge in [0.25, 0.3) is 0 Å². The van der Waals surface area contributed by atoms with Crippen molar-refractivity contribution in [2.24, 2.45) is 0 Å². The second-order valence-corrected chi connectivity index (χ2v) is 2.00. The van der Waals surface area contributed by atoms with Gasteiger partial charge in [-0.1, -0.05) is 12.1 Å². The fourth-order valence-corrected chi connectivity index (χ4v) is 0.953. The van der Waals surface area contributed by atoms with Crippen LogP contribution in [0.4, 0.5) is 0 Å². The van der Waals surface area contributed by atoms with Crippen molar-refractivity contribution >= 4 is 18.9 Å². The molecule has 0 unspecified atom stereocenters. The van der Waals surface area contributed by atoms with Crippen molar-refractivity contribution in [3.05, 3.63) is 29.9 Å². The minimum atomic E-state index is 1.08. The highest BCUT2D eigenvalue weighted by atomic mass is 14.6. The van der Waals surface area contributed by atoms with Crippen LogP contribution in [0.2, 0.25) is 0 Å². The Morgan fingerprint density at radius 2 is 2.44 bits per heavy atom. The summed E-state index contributed by atoms with van der Waals surface area (Å²) in [5.74, 6) is 2.01. The minimum Gasteiger partial charge on any atom is -0.271 e. The summed E-state index contributed by atoms with van der Waals surface area (Å²) in [5.41, 5.74) is 2.30. The van der Waals surface area contributed by atoms with Crippen LogP contribution >= 0.6 is 0 Å². The molecule has 2 rings (SSSR count). The average molecular weight is 114 g/mol. The van der Waals surface area contributed by atoms with Crippen LogP contribution in [0.25, 0.3) is 6.08 Å². The molecule has 0 N–H and O–H groups in total. The molecular weight excluding hydrogens is 109 g/mol. The summed E-state index contributed by atoms with van der Waals surface area (Å²) in [4.78, 5) is 4.14. The molecular formula is C7H5BN. The number of aromatic nitrogens is 1. The normalized spacial score (nSPS) is 12.9. The molecule has 1 radical (unpaired) electrons. The Balaban J connectivity index is 2.63. The van der Waals surface area contributed by atoms with Crippen LogP contribution in [0.1, 0.15) is 5.56 Å². The zero-order chi connectivity index (χ0) is 6.10. The first-order chi connectivity index (χ1) is 4.47. The van der Waals surface area contributed by atoms with Gasteiger partial charge in [0.1, 0.15) is 0 Å². The molecule has 0 saturated heterocycles. The van der Waals surface area contributed by atoms with Gasteiger partial charge in [0, 0.05) is 11.8 Å². The summed E-state index contributed by atoms with van der Waals surface area (Å²) in [6.45, 7) is 0. The average Bonchev–Trinajstić information content (AvgIpc) is 2.33. The van der Waals surface area contributed by atoms with Crippen LogP contribution in [0, 0.1) is 0 Å². The van der Waals surface area contributed by atoms with E-state index in [1.54, 1.807) is 0 Å². The van der Waals surface area contributed by atoms with Crippen molar-refractivity contribution in [3.8, 4) is 0 Å². The van der Waals surface area contributed by atoms with E-state index in [4.69, 9.17) is 0 Å². The van der Waals surface area contributed by atoms with Gasteiger partial charge in [-0.05, 0) is 11.6 Å². The second kappa shape index (κ2) is 1.73. The number of fused-ring (bicyclic) bond motifs is 1. The molecule has 1 aromatic rings. The number of nitrogens with zero attached hydrogens (tertiary/aromatic N) is 1. The molecule has 0 spiro atoms. The van der Waals surface area contributed by atoms with E-state index in [9.17, 15) is 0 Å². The van der Waals surface area contributed by atoms with E-state index in [-0.39, 0.29) is 0 Å². The summed E-state index contributed by atoms with van der Waals surface area (Å²) in [5, 5.41) is 0. The number of hydrogen-bond donors (Lipinski definition) is 0. The quantitative estimate of drug-likeness (QED) is 0.444. The van der Waals surface area contributed by atoms with Crippen molar-refractivity contribution < 1.29 is 0 Å². The molecule has 0 amide bonds. The van der Waals surface area contributed by atoms with E-state index in [1.165, 1.54) is 5.56 Å². The van der Waals surface area contributed by atoms with Crippen LogP contribution in [0.3, 0.4) is 0 Å². The molecule has 1 aliphatic rings. The molecule has 0 atom stereocenters. The molecule has 0 aromatic carbocycles. The monoisotopic (exact) mass is 114 g/mol. The topological polar surface area (TPSA) is 12.9 Å². The van der Waals surface area contributed by atoms with Crippen molar-refractivity contribution in [1.82, 2.24) is 4.98 Å². The lowest BCUT2D eigenvalue weighted by Gasteiger charge is -1.92. The molecule has 0 bridgehead atoms. The van der Waals surface area contributed by atoms with Gasteiger partial charge in [0.15, 0.2) is 0 Å². The largest absolute Gasteiger partial charge is 0.271 e. The fourth-order valence-electron chi connectivity index (χ4n) is 0.953. The summed E-state index contributed by atoms with van der Waals surface area (Å²) in [7, 11) is 2.01. The summed E-state index contributed by atoms with van der Waals surface area (Å²) >= 11 is 0. The van der Waals surface area contributed by atoms with Crippen LogP contribution < -0.4 is 5.59 Å². The Bertz CT molecular complexity index is 255. The lowest BCUT2D eigenvalue weighted by molar-refractivity contribution is 1.38. The molecule has 1 aromatic heterocycles. The lowest BCUT2D eigenvalue weighted by atomic mass is 9.78. The highest BCUT2D eigenvalue weighted by Gasteiger charge is 2.03. The molecule has 1 nitrogen and oxygen atoms in total. The first-order valence-corrected chi connectivity index (χ1v) is 2.93. The van der Waals surface area contributed by atoms with Crippen molar-refractivity contribution in [1.29, 1.82) is 0 Å². The standard InChI is InChI=1S/C7H5BN/c1-2-6-3-4-8-7(6)9-5-1/h1-5H. The summed E-state index contributed by atoms with van der Waals surface area (Å²) in [6, 6.07) is 4.00. The van der Waals surface area contributed by atoms with Gasteiger partial charge in [0.2, 0.25) is 7.28 Å². The van der Waals surface area contributed by atoms with Crippen LogP contribution in [0.5, 0.6) is 0 Å². The van der Waals surface area contributed by atoms with E-state index in [0.717, 1.165) is 5.59 Å². The Hall–Kier alpha value is -1.05. The summed E-state index contributed by atoms with van der Waals surface area (Å²) < 4.78 is 0. The van der Waals surface area contributed by atoms with Crippen molar-refractivity contribution in [2.75, 3.05) is 0 Å². The third-order valence-corrected chi connectivity index (χ3v) is 1.40. The van der Waals surface area contributed by atoms with Gasteiger partial charge in [-0.2, -0.15) is 0 Å². The van der Waals surface area contributed by atoms with Gasteiger partial charge in [-0.3, -0.25) is 4.98 Å². The molecule has 41 valence electrons. The van der Waals surface area contributed by atoms with Gasteiger partial charge < -0.3 is 0 Å². The van der Waals surface area contributed by atoms with Crippen molar-refractivity contribution in [2.45, 2.75) is 0 Å². The maximum Gasteiger partial charge on any atom is 0.208 e. The van der Waals surface area contributed by atoms with E-state index in [2.05, 4.69) is 17.1 Å². The maximum atomic E-state index is 4.14. The molecule has 0 saturated carbocycles. The predicted octanol–water partition coefficient (Wildman–Crippen LogP) is 0.395. The molecule has 0 aliphatic carbocycles. The molecule has 2 heterocycles. The smallest absolute Gasteiger partial charge is 0.208 e. The highest BCUT2D eigenvalue weighted by molar-refractivity contribution is 6.61. The maximum absolute atomic E-state index is 4.14. The van der Waals surface area contributed by atoms with Gasteiger partial charge in [-0.15, -0.1) is 5.98 Å². The zero-order valence-electron chi connectivity index (χ0n) is 4.91. The first kappa shape index (κ1) is 4.80. The Labute approximate surface area is 54.7 Å². The van der Waals surface area contributed by atoms with Gasteiger partial charge in [-0.25, -0.2) is 0 Å². The highest BCUT2D eigenvalue weighted by Crippen LogP contribution is 2.00. The fraction of sp³-hybridized carbons (Fsp3) is 0.